The van der Waals surface area contributed by atoms with Crippen LogP contribution in [0.15, 0.2) is 42.5 Å². The molecule has 0 radical (unpaired) electrons. The topological polar surface area (TPSA) is 62.3 Å². The lowest BCUT2D eigenvalue weighted by molar-refractivity contribution is 0.0522. The summed E-state index contributed by atoms with van der Waals surface area (Å²) in [6.07, 6.45) is -1.53. The lowest BCUT2D eigenvalue weighted by Crippen LogP contribution is -2.46. The number of hydrogen-bond donors (Lipinski definition) is 0. The zero-order valence-corrected chi connectivity index (χ0v) is 15.6. The zero-order chi connectivity index (χ0) is 19.8. The van der Waals surface area contributed by atoms with Crippen LogP contribution in [0.1, 0.15) is 17.3 Å². The van der Waals surface area contributed by atoms with Crippen LogP contribution in [0.3, 0.4) is 0 Å². The highest BCUT2D eigenvalue weighted by atomic mass is 19.1. The highest BCUT2D eigenvalue weighted by Gasteiger charge is 2.36. The van der Waals surface area contributed by atoms with Crippen molar-refractivity contribution in [3.05, 3.63) is 59.4 Å². The highest BCUT2D eigenvalue weighted by Crippen LogP contribution is 2.37. The Bertz CT molecular complexity index is 933. The van der Waals surface area contributed by atoms with Gasteiger partial charge in [-0.1, -0.05) is 30.3 Å². The average Bonchev–Trinajstić information content (AvgIpc) is 3.09. The maximum absolute atomic E-state index is 15.2. The van der Waals surface area contributed by atoms with E-state index in [0.29, 0.717) is 17.9 Å². The largest absolute Gasteiger partial charge is 0.447 e. The summed E-state index contributed by atoms with van der Waals surface area (Å²) in [5.41, 5.74) is 1.26. The molecule has 2 heterocycles. The average molecular weight is 385 g/mol. The first-order valence-electron chi connectivity index (χ1n) is 8.93. The predicted molar refractivity (Wildman–Crippen MR) is 99.5 cm³/mol. The van der Waals surface area contributed by atoms with Gasteiger partial charge in [-0.15, -0.1) is 0 Å². The minimum atomic E-state index is -0.575. The van der Waals surface area contributed by atoms with E-state index in [9.17, 15) is 9.59 Å². The van der Waals surface area contributed by atoms with Crippen molar-refractivity contribution < 1.29 is 23.5 Å². The summed E-state index contributed by atoms with van der Waals surface area (Å²) in [6.45, 7) is 0.512. The molecule has 0 aromatic heterocycles. The molecular weight excluding hydrogens is 365 g/mol. The lowest BCUT2D eigenvalue weighted by Gasteiger charge is -2.39. The first kappa shape index (κ1) is 18.2. The molecule has 0 aliphatic carbocycles. The summed E-state index contributed by atoms with van der Waals surface area (Å²) in [4.78, 5) is 29.1. The van der Waals surface area contributed by atoms with E-state index in [4.69, 9.17) is 9.47 Å². The standard InChI is InChI=1S/C20H20FN3O4/c1-22(2)18-14-7-3-4-9-16(14)28-20(26)24(18)12-13-6-5-8-15(17(13)21)23-10-11-27-19(23)25/h3-9,18H,10-12H2,1-2H3. The summed E-state index contributed by atoms with van der Waals surface area (Å²) >= 11 is 0. The molecular formula is C20H20FN3O4. The van der Waals surface area contributed by atoms with Gasteiger partial charge in [0, 0.05) is 11.1 Å². The van der Waals surface area contributed by atoms with Crippen molar-refractivity contribution in [3.8, 4) is 5.75 Å². The van der Waals surface area contributed by atoms with Crippen LogP contribution in [0.25, 0.3) is 0 Å². The van der Waals surface area contributed by atoms with Crippen LogP contribution in [-0.4, -0.2) is 49.2 Å². The Hall–Kier alpha value is -3.13. The molecule has 146 valence electrons. The third-order valence-electron chi connectivity index (χ3n) is 4.86. The number of fused-ring (bicyclic) bond motifs is 1. The molecule has 0 N–H and O–H groups in total. The molecule has 2 aromatic carbocycles. The number of para-hydroxylation sites is 1. The van der Waals surface area contributed by atoms with Crippen molar-refractivity contribution in [2.75, 3.05) is 32.1 Å². The first-order chi connectivity index (χ1) is 13.5. The maximum Gasteiger partial charge on any atom is 0.417 e. The molecule has 2 aromatic rings. The van der Waals surface area contributed by atoms with Crippen molar-refractivity contribution in [1.82, 2.24) is 9.80 Å². The molecule has 2 amide bonds. The van der Waals surface area contributed by atoms with Crippen molar-refractivity contribution in [3.63, 3.8) is 0 Å². The summed E-state index contributed by atoms with van der Waals surface area (Å²) in [7, 11) is 3.69. The third kappa shape index (κ3) is 3.05. The quantitative estimate of drug-likeness (QED) is 0.808. The summed E-state index contributed by atoms with van der Waals surface area (Å²) < 4.78 is 25.5. The monoisotopic (exact) mass is 385 g/mol. The number of halogens is 1. The van der Waals surface area contributed by atoms with Crippen LogP contribution in [0.2, 0.25) is 0 Å². The van der Waals surface area contributed by atoms with Crippen molar-refractivity contribution in [1.29, 1.82) is 0 Å². The van der Waals surface area contributed by atoms with E-state index in [1.54, 1.807) is 24.3 Å². The predicted octanol–water partition coefficient (Wildman–Crippen LogP) is 3.36. The lowest BCUT2D eigenvalue weighted by atomic mass is 10.1. The second-order valence-electron chi connectivity index (χ2n) is 6.89. The van der Waals surface area contributed by atoms with Gasteiger partial charge in [0.05, 0.1) is 18.8 Å². The Morgan fingerprint density at radius 2 is 1.89 bits per heavy atom. The van der Waals surface area contributed by atoms with E-state index in [2.05, 4.69) is 0 Å². The van der Waals surface area contributed by atoms with E-state index in [0.717, 1.165) is 5.56 Å². The van der Waals surface area contributed by atoms with Gasteiger partial charge in [-0.05, 0) is 26.2 Å². The Balaban J connectivity index is 1.68. The number of hydrogen-bond acceptors (Lipinski definition) is 5. The van der Waals surface area contributed by atoms with Gasteiger partial charge in [0.15, 0.2) is 5.82 Å². The number of amides is 2. The molecule has 7 nitrogen and oxygen atoms in total. The summed E-state index contributed by atoms with van der Waals surface area (Å²) in [6, 6.07) is 12.1. The van der Waals surface area contributed by atoms with Crippen molar-refractivity contribution >= 4 is 17.9 Å². The van der Waals surface area contributed by atoms with Gasteiger partial charge >= 0.3 is 12.2 Å². The minimum absolute atomic E-state index is 0.00141. The number of rotatable bonds is 4. The van der Waals surface area contributed by atoms with Gasteiger partial charge in [-0.25, -0.2) is 14.0 Å². The Labute approximate surface area is 161 Å². The van der Waals surface area contributed by atoms with Crippen LogP contribution in [0, 0.1) is 5.82 Å². The van der Waals surface area contributed by atoms with E-state index in [1.165, 1.54) is 15.9 Å². The second kappa shape index (κ2) is 7.12. The van der Waals surface area contributed by atoms with Crippen LogP contribution < -0.4 is 9.64 Å². The molecule has 2 aliphatic rings. The van der Waals surface area contributed by atoms with Crippen LogP contribution in [-0.2, 0) is 11.3 Å². The maximum atomic E-state index is 15.2. The van der Waals surface area contributed by atoms with Crippen LogP contribution in [0.5, 0.6) is 5.75 Å². The number of carbonyl (C=O) groups excluding carboxylic acids is 2. The van der Waals surface area contributed by atoms with E-state index in [1.807, 2.05) is 31.1 Å². The highest BCUT2D eigenvalue weighted by molar-refractivity contribution is 5.89. The molecule has 0 saturated carbocycles. The summed E-state index contributed by atoms with van der Waals surface area (Å²) in [5, 5.41) is 0. The molecule has 2 aliphatic heterocycles. The molecule has 1 fully saturated rings. The number of anilines is 1. The van der Waals surface area contributed by atoms with Gasteiger partial charge < -0.3 is 9.47 Å². The second-order valence-corrected chi connectivity index (χ2v) is 6.89. The number of benzene rings is 2. The normalized spacial score (nSPS) is 18.9. The van der Waals surface area contributed by atoms with E-state index < -0.39 is 24.2 Å². The molecule has 1 unspecified atom stereocenters. The van der Waals surface area contributed by atoms with Crippen molar-refractivity contribution in [2.24, 2.45) is 0 Å². The van der Waals surface area contributed by atoms with Gasteiger partial charge in [0.1, 0.15) is 18.5 Å². The third-order valence-corrected chi connectivity index (χ3v) is 4.86. The van der Waals surface area contributed by atoms with Gasteiger partial charge in [-0.2, -0.15) is 0 Å². The zero-order valence-electron chi connectivity index (χ0n) is 15.6. The van der Waals surface area contributed by atoms with Gasteiger partial charge in [-0.3, -0.25) is 14.7 Å². The number of carbonyl (C=O) groups is 2. The number of cyclic esters (lactones) is 1. The number of nitrogens with zero attached hydrogens (tertiary/aromatic N) is 3. The molecule has 8 heteroatoms. The molecule has 0 bridgehead atoms. The number of ether oxygens (including phenoxy) is 2. The molecule has 28 heavy (non-hydrogen) atoms. The Morgan fingerprint density at radius 1 is 1.11 bits per heavy atom. The SMILES string of the molecule is CN(C)C1c2ccccc2OC(=O)N1Cc1cccc(N2CCOC2=O)c1F. The minimum Gasteiger partial charge on any atom is -0.447 e. The van der Waals surface area contributed by atoms with Gasteiger partial charge in [0.25, 0.3) is 0 Å². The molecule has 1 atom stereocenters. The van der Waals surface area contributed by atoms with Crippen molar-refractivity contribution in [2.45, 2.75) is 12.7 Å². The summed E-state index contributed by atoms with van der Waals surface area (Å²) in [5.74, 6) is -0.0537. The van der Waals surface area contributed by atoms with Crippen LogP contribution >= 0.6 is 0 Å². The fourth-order valence-electron chi connectivity index (χ4n) is 3.61. The molecule has 1 saturated heterocycles. The van der Waals surface area contributed by atoms with E-state index >= 15 is 4.39 Å². The van der Waals surface area contributed by atoms with Gasteiger partial charge in [0.2, 0.25) is 0 Å². The molecule has 0 spiro atoms. The fraction of sp³-hybridized carbons (Fsp3) is 0.300. The Morgan fingerprint density at radius 3 is 2.61 bits per heavy atom. The fourth-order valence-corrected chi connectivity index (χ4v) is 3.61. The van der Waals surface area contributed by atoms with Crippen LogP contribution in [0.4, 0.5) is 19.7 Å². The first-order valence-corrected chi connectivity index (χ1v) is 8.93. The Kier molecular flexibility index (Phi) is 4.64. The van der Waals surface area contributed by atoms with E-state index in [-0.39, 0.29) is 18.8 Å². The smallest absolute Gasteiger partial charge is 0.417 e. The molecule has 4 rings (SSSR count).